The van der Waals surface area contributed by atoms with E-state index in [0.29, 0.717) is 42.6 Å². The molecule has 132 valence electrons. The summed E-state index contributed by atoms with van der Waals surface area (Å²) in [4.78, 5) is 33.2. The van der Waals surface area contributed by atoms with Gasteiger partial charge in [0.1, 0.15) is 11.4 Å². The first-order valence-corrected chi connectivity index (χ1v) is 8.67. The second-order valence-corrected chi connectivity index (χ2v) is 6.70. The number of aromatic nitrogens is 2. The number of amides is 2. The maximum absolute atomic E-state index is 12.7. The summed E-state index contributed by atoms with van der Waals surface area (Å²) in [6, 6.07) is 5.38. The van der Waals surface area contributed by atoms with E-state index in [1.54, 1.807) is 39.9 Å². The summed E-state index contributed by atoms with van der Waals surface area (Å²) < 4.78 is 1.73. The summed E-state index contributed by atoms with van der Waals surface area (Å²) in [5.74, 6) is -0.132. The first kappa shape index (κ1) is 17.5. The molecule has 6 nitrogen and oxygen atoms in total. The minimum Gasteiger partial charge on any atom is -0.345 e. The fraction of sp³-hybridized carbons (Fsp3) is 0.389. The monoisotopic (exact) mass is 360 g/mol. The zero-order valence-electron chi connectivity index (χ0n) is 14.4. The van der Waals surface area contributed by atoms with Crippen LogP contribution in [0, 0.1) is 6.92 Å². The molecule has 7 heteroatoms. The molecule has 0 aliphatic carbocycles. The number of rotatable bonds is 2. The third kappa shape index (κ3) is 3.69. The summed E-state index contributed by atoms with van der Waals surface area (Å²) in [5.41, 5.74) is 1.91. The molecule has 2 aromatic heterocycles. The Kier molecular flexibility index (Phi) is 5.08. The van der Waals surface area contributed by atoms with Crippen molar-refractivity contribution in [3.63, 3.8) is 0 Å². The number of nitrogens with zero attached hydrogens (tertiary/aromatic N) is 4. The zero-order chi connectivity index (χ0) is 18.0. The van der Waals surface area contributed by atoms with Gasteiger partial charge in [0.05, 0.1) is 5.02 Å². The number of hydrogen-bond donors (Lipinski definition) is 0. The quantitative estimate of drug-likeness (QED) is 0.826. The van der Waals surface area contributed by atoms with Crippen LogP contribution in [-0.2, 0) is 7.05 Å². The van der Waals surface area contributed by atoms with E-state index in [1.165, 1.54) is 0 Å². The third-order valence-electron chi connectivity index (χ3n) is 4.47. The van der Waals surface area contributed by atoms with Crippen LogP contribution in [0.4, 0.5) is 0 Å². The predicted octanol–water partition coefficient (Wildman–Crippen LogP) is 2.37. The molecule has 0 spiro atoms. The molecule has 0 radical (unpaired) electrons. The summed E-state index contributed by atoms with van der Waals surface area (Å²) in [6.07, 6.45) is 4.08. The van der Waals surface area contributed by atoms with Crippen molar-refractivity contribution in [1.82, 2.24) is 19.4 Å². The van der Waals surface area contributed by atoms with Crippen molar-refractivity contribution >= 4 is 23.4 Å². The van der Waals surface area contributed by atoms with Crippen molar-refractivity contribution in [1.29, 1.82) is 0 Å². The standard InChI is InChI=1S/C18H21ClN4O2/c1-13-5-3-6-20-16(13)18(25)23-8-4-7-22(9-10-23)17(24)15-11-14(19)12-21(15)2/h3,5-6,11-12H,4,7-10H2,1-2H3. The highest BCUT2D eigenvalue weighted by molar-refractivity contribution is 6.31. The van der Waals surface area contributed by atoms with Gasteiger partial charge in [0.25, 0.3) is 11.8 Å². The van der Waals surface area contributed by atoms with E-state index < -0.39 is 0 Å². The Balaban J connectivity index is 1.70. The molecule has 1 aliphatic heterocycles. The van der Waals surface area contributed by atoms with Crippen LogP contribution in [0.1, 0.15) is 33.0 Å². The van der Waals surface area contributed by atoms with Gasteiger partial charge in [-0.15, -0.1) is 0 Å². The molecule has 0 aromatic carbocycles. The Labute approximate surface area is 152 Å². The number of halogens is 1. The summed E-state index contributed by atoms with van der Waals surface area (Å²) in [6.45, 7) is 4.12. The van der Waals surface area contributed by atoms with Gasteiger partial charge < -0.3 is 14.4 Å². The van der Waals surface area contributed by atoms with Crippen molar-refractivity contribution in [3.8, 4) is 0 Å². The van der Waals surface area contributed by atoms with Crippen molar-refractivity contribution < 1.29 is 9.59 Å². The fourth-order valence-electron chi connectivity index (χ4n) is 3.08. The second kappa shape index (κ2) is 7.27. The van der Waals surface area contributed by atoms with Gasteiger partial charge in [0.2, 0.25) is 0 Å². The first-order valence-electron chi connectivity index (χ1n) is 8.29. The highest BCUT2D eigenvalue weighted by Crippen LogP contribution is 2.17. The van der Waals surface area contributed by atoms with Gasteiger partial charge in [-0.1, -0.05) is 17.7 Å². The lowest BCUT2D eigenvalue weighted by molar-refractivity contribution is 0.0710. The Hall–Kier alpha value is -2.34. The summed E-state index contributed by atoms with van der Waals surface area (Å²) >= 11 is 5.98. The lowest BCUT2D eigenvalue weighted by Crippen LogP contribution is -2.38. The highest BCUT2D eigenvalue weighted by Gasteiger charge is 2.25. The van der Waals surface area contributed by atoms with Gasteiger partial charge in [-0.25, -0.2) is 0 Å². The van der Waals surface area contributed by atoms with E-state index in [9.17, 15) is 9.59 Å². The van der Waals surface area contributed by atoms with Crippen LogP contribution in [0.3, 0.4) is 0 Å². The van der Waals surface area contributed by atoms with Crippen LogP contribution < -0.4 is 0 Å². The van der Waals surface area contributed by atoms with Gasteiger partial charge >= 0.3 is 0 Å². The predicted molar refractivity (Wildman–Crippen MR) is 95.8 cm³/mol. The van der Waals surface area contributed by atoms with Crippen LogP contribution in [-0.4, -0.2) is 57.3 Å². The number of pyridine rings is 1. The molecule has 0 atom stereocenters. The van der Waals surface area contributed by atoms with Gasteiger partial charge in [0, 0.05) is 45.6 Å². The molecule has 1 saturated heterocycles. The molecule has 0 N–H and O–H groups in total. The van der Waals surface area contributed by atoms with Crippen LogP contribution >= 0.6 is 11.6 Å². The van der Waals surface area contributed by atoms with Crippen LogP contribution in [0.5, 0.6) is 0 Å². The molecule has 1 aliphatic rings. The normalized spacial score (nSPS) is 15.2. The van der Waals surface area contributed by atoms with E-state index in [0.717, 1.165) is 12.0 Å². The zero-order valence-corrected chi connectivity index (χ0v) is 15.2. The van der Waals surface area contributed by atoms with E-state index >= 15 is 0 Å². The van der Waals surface area contributed by atoms with E-state index in [2.05, 4.69) is 4.98 Å². The van der Waals surface area contributed by atoms with E-state index in [-0.39, 0.29) is 11.8 Å². The van der Waals surface area contributed by atoms with Crippen molar-refractivity contribution in [2.45, 2.75) is 13.3 Å². The number of aryl methyl sites for hydroxylation is 2. The average Bonchev–Trinajstić information content (AvgIpc) is 2.79. The number of hydrogen-bond acceptors (Lipinski definition) is 3. The summed E-state index contributed by atoms with van der Waals surface area (Å²) in [5, 5.41) is 0.545. The van der Waals surface area contributed by atoms with Crippen molar-refractivity contribution in [3.05, 3.63) is 52.6 Å². The molecule has 2 amide bonds. The van der Waals surface area contributed by atoms with Gasteiger partial charge in [-0.3, -0.25) is 14.6 Å². The van der Waals surface area contributed by atoms with E-state index in [1.807, 2.05) is 19.1 Å². The van der Waals surface area contributed by atoms with Gasteiger partial charge in [-0.2, -0.15) is 0 Å². The molecule has 25 heavy (non-hydrogen) atoms. The molecule has 3 rings (SSSR count). The molecular formula is C18H21ClN4O2. The van der Waals surface area contributed by atoms with Crippen LogP contribution in [0.15, 0.2) is 30.6 Å². The number of carbonyl (C=O) groups is 2. The largest absolute Gasteiger partial charge is 0.345 e. The number of carbonyl (C=O) groups excluding carboxylic acids is 2. The van der Waals surface area contributed by atoms with Crippen LogP contribution in [0.2, 0.25) is 5.02 Å². The first-order chi connectivity index (χ1) is 12.0. The molecule has 1 fully saturated rings. The maximum Gasteiger partial charge on any atom is 0.272 e. The highest BCUT2D eigenvalue weighted by atomic mass is 35.5. The van der Waals surface area contributed by atoms with Gasteiger partial charge in [-0.05, 0) is 31.0 Å². The Morgan fingerprint density at radius 1 is 1.12 bits per heavy atom. The molecule has 0 saturated carbocycles. The Bertz CT molecular complexity index is 802. The molecule has 3 heterocycles. The lowest BCUT2D eigenvalue weighted by Gasteiger charge is -2.22. The fourth-order valence-corrected chi connectivity index (χ4v) is 3.33. The average molecular weight is 361 g/mol. The SMILES string of the molecule is Cc1cccnc1C(=O)N1CCCN(C(=O)c2cc(Cl)cn2C)CC1. The maximum atomic E-state index is 12.7. The van der Waals surface area contributed by atoms with Crippen molar-refractivity contribution in [2.75, 3.05) is 26.2 Å². The van der Waals surface area contributed by atoms with E-state index in [4.69, 9.17) is 11.6 Å². The third-order valence-corrected chi connectivity index (χ3v) is 4.68. The summed E-state index contributed by atoms with van der Waals surface area (Å²) in [7, 11) is 1.80. The molecule has 0 bridgehead atoms. The molecular weight excluding hydrogens is 340 g/mol. The Morgan fingerprint density at radius 3 is 2.40 bits per heavy atom. The minimum absolute atomic E-state index is 0.0577. The second-order valence-electron chi connectivity index (χ2n) is 6.26. The minimum atomic E-state index is -0.0747. The lowest BCUT2D eigenvalue weighted by atomic mass is 10.2. The smallest absolute Gasteiger partial charge is 0.272 e. The molecule has 2 aromatic rings. The topological polar surface area (TPSA) is 58.4 Å². The van der Waals surface area contributed by atoms with Gasteiger partial charge in [0.15, 0.2) is 0 Å². The molecule has 0 unspecified atom stereocenters. The Morgan fingerprint density at radius 2 is 1.80 bits per heavy atom. The van der Waals surface area contributed by atoms with Crippen LogP contribution in [0.25, 0.3) is 0 Å². The van der Waals surface area contributed by atoms with Crippen molar-refractivity contribution in [2.24, 2.45) is 7.05 Å².